The van der Waals surface area contributed by atoms with Crippen LogP contribution >= 0.6 is 0 Å². The summed E-state index contributed by atoms with van der Waals surface area (Å²) in [6.07, 6.45) is 5.02. The van der Waals surface area contributed by atoms with Gasteiger partial charge in [0.25, 0.3) is 0 Å². The van der Waals surface area contributed by atoms with Crippen molar-refractivity contribution in [3.8, 4) is 0 Å². The third-order valence-corrected chi connectivity index (χ3v) is 4.30. The number of benzene rings is 1. The van der Waals surface area contributed by atoms with Crippen LogP contribution in [0.15, 0.2) is 18.2 Å². The molecule has 0 bridgehead atoms. The first-order valence-electron chi connectivity index (χ1n) is 7.87. The molecule has 1 saturated carbocycles. The van der Waals surface area contributed by atoms with Crippen molar-refractivity contribution in [2.24, 2.45) is 5.92 Å². The second-order valence-electron chi connectivity index (χ2n) is 7.34. The number of hydrogen-bond donors (Lipinski definition) is 1. The van der Waals surface area contributed by atoms with Crippen molar-refractivity contribution in [1.82, 2.24) is 5.32 Å². The van der Waals surface area contributed by atoms with E-state index in [4.69, 9.17) is 0 Å². The van der Waals surface area contributed by atoms with Crippen molar-refractivity contribution in [3.63, 3.8) is 0 Å². The highest BCUT2D eigenvalue weighted by molar-refractivity contribution is 5.27. The maximum absolute atomic E-state index is 13.7. The number of nitrogens with one attached hydrogen (secondary N) is 1. The van der Waals surface area contributed by atoms with Gasteiger partial charge in [-0.05, 0) is 82.2 Å². The van der Waals surface area contributed by atoms with Crippen molar-refractivity contribution >= 4 is 0 Å². The van der Waals surface area contributed by atoms with E-state index >= 15 is 0 Å². The Balaban J connectivity index is 2.13. The molecule has 0 spiro atoms. The summed E-state index contributed by atoms with van der Waals surface area (Å²) in [6.45, 7) is 9.63. The van der Waals surface area contributed by atoms with Crippen LogP contribution in [-0.2, 0) is 0 Å². The van der Waals surface area contributed by atoms with Crippen LogP contribution in [0.2, 0.25) is 0 Å². The molecule has 1 aromatic rings. The highest BCUT2D eigenvalue weighted by Gasteiger charge is 2.27. The van der Waals surface area contributed by atoms with Crippen LogP contribution in [0.5, 0.6) is 0 Å². The van der Waals surface area contributed by atoms with Crippen molar-refractivity contribution < 1.29 is 4.39 Å². The minimum absolute atomic E-state index is 0.0897. The molecule has 0 amide bonds. The fourth-order valence-electron chi connectivity index (χ4n) is 3.31. The summed E-state index contributed by atoms with van der Waals surface area (Å²) in [5, 5.41) is 3.63. The molecule has 2 unspecified atom stereocenters. The van der Waals surface area contributed by atoms with E-state index in [1.54, 1.807) is 12.1 Å². The van der Waals surface area contributed by atoms with E-state index in [-0.39, 0.29) is 11.4 Å². The lowest BCUT2D eigenvalue weighted by atomic mass is 9.75. The molecule has 2 rings (SSSR count). The normalized spacial score (nSPS) is 23.9. The van der Waals surface area contributed by atoms with Gasteiger partial charge in [0.05, 0.1) is 0 Å². The molecule has 0 aliphatic heterocycles. The van der Waals surface area contributed by atoms with Gasteiger partial charge >= 0.3 is 0 Å². The zero-order valence-electron chi connectivity index (χ0n) is 13.3. The molecule has 1 N–H and O–H groups in total. The molecule has 20 heavy (non-hydrogen) atoms. The van der Waals surface area contributed by atoms with Crippen molar-refractivity contribution in [1.29, 1.82) is 0 Å². The maximum Gasteiger partial charge on any atom is 0.123 e. The first-order valence-corrected chi connectivity index (χ1v) is 7.87. The van der Waals surface area contributed by atoms with Gasteiger partial charge in [-0.2, -0.15) is 0 Å². The number of rotatable bonds is 3. The number of aryl methyl sites for hydroxylation is 1. The average Bonchev–Trinajstić information content (AvgIpc) is 2.34. The molecule has 0 saturated heterocycles. The van der Waals surface area contributed by atoms with Crippen LogP contribution in [-0.4, -0.2) is 12.1 Å². The van der Waals surface area contributed by atoms with Gasteiger partial charge in [-0.25, -0.2) is 4.39 Å². The lowest BCUT2D eigenvalue weighted by Crippen LogP contribution is -2.41. The lowest BCUT2D eigenvalue weighted by Gasteiger charge is -2.34. The predicted octanol–water partition coefficient (Wildman–Crippen LogP) is 4.80. The topological polar surface area (TPSA) is 12.0 Å². The van der Waals surface area contributed by atoms with Crippen LogP contribution in [0, 0.1) is 18.7 Å². The van der Waals surface area contributed by atoms with Crippen LogP contribution in [0.25, 0.3) is 0 Å². The summed E-state index contributed by atoms with van der Waals surface area (Å²) in [5.74, 6) is 1.05. The monoisotopic (exact) mass is 277 g/mol. The molecular formula is C18H28FN. The molecule has 0 heterocycles. The fraction of sp³-hybridized carbons (Fsp3) is 0.667. The number of halogens is 1. The molecule has 1 aliphatic carbocycles. The summed E-state index contributed by atoms with van der Waals surface area (Å²) in [5.41, 5.74) is 2.39. The molecule has 1 nitrogen and oxygen atoms in total. The van der Waals surface area contributed by atoms with Gasteiger partial charge in [-0.3, -0.25) is 0 Å². The van der Waals surface area contributed by atoms with E-state index < -0.39 is 0 Å². The zero-order chi connectivity index (χ0) is 14.8. The smallest absolute Gasteiger partial charge is 0.123 e. The Bertz CT molecular complexity index is 427. The first-order chi connectivity index (χ1) is 9.35. The minimum Gasteiger partial charge on any atom is -0.312 e. The quantitative estimate of drug-likeness (QED) is 0.837. The summed E-state index contributed by atoms with van der Waals surface area (Å²) in [4.78, 5) is 0. The summed E-state index contributed by atoms with van der Waals surface area (Å²) in [7, 11) is 0. The highest BCUT2D eigenvalue weighted by atomic mass is 19.1. The Morgan fingerprint density at radius 3 is 2.50 bits per heavy atom. The van der Waals surface area contributed by atoms with Crippen molar-refractivity contribution in [2.75, 3.05) is 6.54 Å². The third kappa shape index (κ3) is 4.31. The molecule has 0 aromatic heterocycles. The van der Waals surface area contributed by atoms with E-state index in [9.17, 15) is 4.39 Å². The molecule has 1 aromatic carbocycles. The molecule has 0 radical (unpaired) electrons. The van der Waals surface area contributed by atoms with Gasteiger partial charge in [0.2, 0.25) is 0 Å². The SMILES string of the molecule is Cc1cc(F)cc(C2CCCCC2CNC(C)(C)C)c1. The predicted molar refractivity (Wildman–Crippen MR) is 83.6 cm³/mol. The Labute approximate surface area is 123 Å². The lowest BCUT2D eigenvalue weighted by molar-refractivity contribution is 0.269. The first kappa shape index (κ1) is 15.5. The Morgan fingerprint density at radius 2 is 1.85 bits per heavy atom. The van der Waals surface area contributed by atoms with Gasteiger partial charge in [-0.15, -0.1) is 0 Å². The van der Waals surface area contributed by atoms with Crippen LogP contribution in [0.4, 0.5) is 4.39 Å². The van der Waals surface area contributed by atoms with E-state index in [2.05, 4.69) is 32.2 Å². The summed E-state index contributed by atoms with van der Waals surface area (Å²) >= 11 is 0. The third-order valence-electron chi connectivity index (χ3n) is 4.30. The Morgan fingerprint density at radius 1 is 1.15 bits per heavy atom. The standard InChI is InChI=1S/C18H28FN/c1-13-9-15(11-16(19)10-13)17-8-6-5-7-14(17)12-20-18(2,3)4/h9-11,14,17,20H,5-8,12H2,1-4H3. The maximum atomic E-state index is 13.7. The average molecular weight is 277 g/mol. The van der Waals surface area contributed by atoms with Crippen molar-refractivity contribution in [2.45, 2.75) is 64.8 Å². The summed E-state index contributed by atoms with van der Waals surface area (Å²) < 4.78 is 13.7. The van der Waals surface area contributed by atoms with Gasteiger partial charge in [-0.1, -0.05) is 18.9 Å². The van der Waals surface area contributed by atoms with Gasteiger partial charge in [0.15, 0.2) is 0 Å². The van der Waals surface area contributed by atoms with Crippen LogP contribution in [0.3, 0.4) is 0 Å². The molecule has 1 aliphatic rings. The van der Waals surface area contributed by atoms with Gasteiger partial charge < -0.3 is 5.32 Å². The fourth-order valence-corrected chi connectivity index (χ4v) is 3.31. The Hall–Kier alpha value is -0.890. The number of hydrogen-bond acceptors (Lipinski definition) is 1. The van der Waals surface area contributed by atoms with E-state index in [0.717, 1.165) is 12.1 Å². The second kappa shape index (κ2) is 6.26. The molecular weight excluding hydrogens is 249 g/mol. The van der Waals surface area contributed by atoms with Crippen molar-refractivity contribution in [3.05, 3.63) is 35.1 Å². The largest absolute Gasteiger partial charge is 0.312 e. The van der Waals surface area contributed by atoms with Gasteiger partial charge in [0, 0.05) is 5.54 Å². The van der Waals surface area contributed by atoms with Crippen LogP contribution < -0.4 is 5.32 Å². The molecule has 2 heteroatoms. The molecule has 1 fully saturated rings. The van der Waals surface area contributed by atoms with E-state index in [1.165, 1.54) is 31.2 Å². The zero-order valence-corrected chi connectivity index (χ0v) is 13.3. The molecule has 112 valence electrons. The minimum atomic E-state index is -0.0897. The highest BCUT2D eigenvalue weighted by Crippen LogP contribution is 2.38. The van der Waals surface area contributed by atoms with Gasteiger partial charge in [0.1, 0.15) is 5.82 Å². The summed E-state index contributed by atoms with van der Waals surface area (Å²) in [6, 6.07) is 5.53. The van der Waals surface area contributed by atoms with E-state index in [1.807, 2.05) is 6.92 Å². The molecule has 2 atom stereocenters. The second-order valence-corrected chi connectivity index (χ2v) is 7.34. The Kier molecular flexibility index (Phi) is 4.85. The van der Waals surface area contributed by atoms with E-state index in [0.29, 0.717) is 11.8 Å². The van der Waals surface area contributed by atoms with Crippen LogP contribution in [0.1, 0.15) is 63.5 Å².